The fraction of sp³-hybridized carbons (Fsp3) is 0.167. The summed E-state index contributed by atoms with van der Waals surface area (Å²) >= 11 is 4.86. The van der Waals surface area contributed by atoms with Crippen molar-refractivity contribution in [3.63, 3.8) is 0 Å². The maximum atomic E-state index is 5.87. The van der Waals surface area contributed by atoms with Crippen molar-refractivity contribution in [2.24, 2.45) is 0 Å². The first-order valence-electron chi connectivity index (χ1n) is 5.79. The third-order valence-corrected chi connectivity index (χ3v) is 3.87. The lowest BCUT2D eigenvalue weighted by atomic mass is 10.1. The summed E-state index contributed by atoms with van der Waals surface area (Å²) in [6.07, 6.45) is 1.89. The minimum atomic E-state index is 0.285. The lowest BCUT2D eigenvalue weighted by Crippen LogP contribution is -2.04. The SMILES string of the molecule is CSc1nc(N)n2nc(-c3ccc(Br)cc3C)nc2n1. The summed E-state index contributed by atoms with van der Waals surface area (Å²) in [5.74, 6) is 1.33. The molecule has 0 amide bonds. The molecule has 6 nitrogen and oxygen atoms in total. The van der Waals surface area contributed by atoms with Crippen LogP contribution in [0.4, 0.5) is 5.95 Å². The largest absolute Gasteiger partial charge is 0.368 e. The monoisotopic (exact) mass is 350 g/mol. The van der Waals surface area contributed by atoms with Crippen LogP contribution in [0.25, 0.3) is 17.2 Å². The summed E-state index contributed by atoms with van der Waals surface area (Å²) in [5, 5.41) is 4.96. The van der Waals surface area contributed by atoms with Crippen LogP contribution in [0.3, 0.4) is 0 Å². The number of hydrogen-bond donors (Lipinski definition) is 1. The topological polar surface area (TPSA) is 82.0 Å². The summed E-state index contributed by atoms with van der Waals surface area (Å²) in [7, 11) is 0. The number of nitrogens with zero attached hydrogens (tertiary/aromatic N) is 5. The van der Waals surface area contributed by atoms with E-state index in [0.29, 0.717) is 16.8 Å². The predicted molar refractivity (Wildman–Crippen MR) is 82.6 cm³/mol. The molecule has 102 valence electrons. The fourth-order valence-corrected chi connectivity index (χ4v) is 2.70. The molecule has 3 aromatic rings. The molecule has 2 heterocycles. The van der Waals surface area contributed by atoms with Crippen molar-refractivity contribution in [1.82, 2.24) is 24.6 Å². The number of hydrogen-bond acceptors (Lipinski definition) is 6. The van der Waals surface area contributed by atoms with Gasteiger partial charge in [-0.05, 0) is 36.9 Å². The van der Waals surface area contributed by atoms with Gasteiger partial charge in [0.05, 0.1) is 0 Å². The number of benzene rings is 1. The molecule has 1 aromatic carbocycles. The Hall–Kier alpha value is -1.67. The van der Waals surface area contributed by atoms with Crippen LogP contribution in [0.2, 0.25) is 0 Å². The highest BCUT2D eigenvalue weighted by Crippen LogP contribution is 2.24. The van der Waals surface area contributed by atoms with Crippen molar-refractivity contribution < 1.29 is 0 Å². The van der Waals surface area contributed by atoms with Gasteiger partial charge in [0.2, 0.25) is 5.95 Å². The molecule has 20 heavy (non-hydrogen) atoms. The number of anilines is 1. The van der Waals surface area contributed by atoms with E-state index in [2.05, 4.69) is 36.0 Å². The summed E-state index contributed by atoms with van der Waals surface area (Å²) in [4.78, 5) is 12.9. The summed E-state index contributed by atoms with van der Waals surface area (Å²) < 4.78 is 2.47. The van der Waals surface area contributed by atoms with Gasteiger partial charge in [-0.2, -0.15) is 19.5 Å². The van der Waals surface area contributed by atoms with Gasteiger partial charge < -0.3 is 5.73 Å². The van der Waals surface area contributed by atoms with Gasteiger partial charge in [0, 0.05) is 10.0 Å². The zero-order valence-electron chi connectivity index (χ0n) is 10.8. The number of aryl methyl sites for hydroxylation is 1. The van der Waals surface area contributed by atoms with E-state index in [1.807, 2.05) is 31.4 Å². The first kappa shape index (κ1) is 13.3. The van der Waals surface area contributed by atoms with Gasteiger partial charge in [-0.15, -0.1) is 5.10 Å². The van der Waals surface area contributed by atoms with Gasteiger partial charge in [-0.3, -0.25) is 0 Å². The van der Waals surface area contributed by atoms with Gasteiger partial charge in [0.15, 0.2) is 11.0 Å². The van der Waals surface area contributed by atoms with Crippen molar-refractivity contribution in [3.8, 4) is 11.4 Å². The molecule has 0 aliphatic rings. The van der Waals surface area contributed by atoms with Crippen molar-refractivity contribution in [1.29, 1.82) is 0 Å². The quantitative estimate of drug-likeness (QED) is 0.715. The Balaban J connectivity index is 2.20. The Kier molecular flexibility index (Phi) is 3.35. The molecule has 0 saturated heterocycles. The average molecular weight is 351 g/mol. The van der Waals surface area contributed by atoms with Crippen LogP contribution in [0.1, 0.15) is 5.56 Å². The van der Waals surface area contributed by atoms with Crippen molar-refractivity contribution in [2.75, 3.05) is 12.0 Å². The lowest BCUT2D eigenvalue weighted by Gasteiger charge is -2.01. The van der Waals surface area contributed by atoms with E-state index >= 15 is 0 Å². The van der Waals surface area contributed by atoms with Gasteiger partial charge in [0.25, 0.3) is 5.78 Å². The van der Waals surface area contributed by atoms with E-state index in [0.717, 1.165) is 15.6 Å². The number of nitrogen functional groups attached to an aromatic ring is 1. The molecule has 8 heteroatoms. The maximum Gasteiger partial charge on any atom is 0.258 e. The van der Waals surface area contributed by atoms with E-state index in [9.17, 15) is 0 Å². The first-order valence-corrected chi connectivity index (χ1v) is 7.81. The van der Waals surface area contributed by atoms with Crippen molar-refractivity contribution >= 4 is 39.4 Å². The van der Waals surface area contributed by atoms with Crippen LogP contribution in [-0.4, -0.2) is 30.8 Å². The van der Waals surface area contributed by atoms with E-state index in [1.54, 1.807) is 0 Å². The van der Waals surface area contributed by atoms with Crippen LogP contribution in [-0.2, 0) is 0 Å². The van der Waals surface area contributed by atoms with E-state index < -0.39 is 0 Å². The highest BCUT2D eigenvalue weighted by molar-refractivity contribution is 9.10. The lowest BCUT2D eigenvalue weighted by molar-refractivity contribution is 0.851. The molecule has 0 unspecified atom stereocenters. The van der Waals surface area contributed by atoms with Crippen LogP contribution < -0.4 is 5.73 Å². The molecular formula is C12H11BrN6S. The molecule has 0 aliphatic heterocycles. The number of nitrogens with two attached hydrogens (primary N) is 1. The highest BCUT2D eigenvalue weighted by Gasteiger charge is 2.13. The maximum absolute atomic E-state index is 5.87. The highest BCUT2D eigenvalue weighted by atomic mass is 79.9. The predicted octanol–water partition coefficient (Wildman–Crippen LogP) is 2.56. The molecule has 0 fully saturated rings. The standard InChI is InChI=1S/C12H11BrN6S/c1-6-5-7(13)3-4-8(6)9-15-11-17-12(20-2)16-10(14)19(11)18-9/h3-5H,1-2H3,(H2,14,15,16,17,18). The number of fused-ring (bicyclic) bond motifs is 1. The molecule has 0 atom stereocenters. The molecule has 2 aromatic heterocycles. The average Bonchev–Trinajstić information content (AvgIpc) is 2.82. The fourth-order valence-electron chi connectivity index (χ4n) is 1.87. The third-order valence-electron chi connectivity index (χ3n) is 2.82. The van der Waals surface area contributed by atoms with Gasteiger partial charge in [-0.25, -0.2) is 0 Å². The minimum Gasteiger partial charge on any atom is -0.368 e. The number of thioether (sulfide) groups is 1. The van der Waals surface area contributed by atoms with Crippen molar-refractivity contribution in [2.45, 2.75) is 12.1 Å². The number of aromatic nitrogens is 5. The Bertz CT molecular complexity index is 800. The van der Waals surface area contributed by atoms with Crippen LogP contribution in [0.5, 0.6) is 0 Å². The second kappa shape index (κ2) is 5.02. The van der Waals surface area contributed by atoms with Gasteiger partial charge >= 0.3 is 0 Å². The third kappa shape index (κ3) is 2.25. The van der Waals surface area contributed by atoms with Gasteiger partial charge in [0.1, 0.15) is 0 Å². The van der Waals surface area contributed by atoms with Gasteiger partial charge in [-0.1, -0.05) is 27.7 Å². The van der Waals surface area contributed by atoms with Crippen LogP contribution in [0.15, 0.2) is 27.8 Å². The van der Waals surface area contributed by atoms with Crippen LogP contribution in [0, 0.1) is 6.92 Å². The Morgan fingerprint density at radius 2 is 2.05 bits per heavy atom. The zero-order valence-corrected chi connectivity index (χ0v) is 13.2. The Morgan fingerprint density at radius 3 is 2.75 bits per heavy atom. The first-order chi connectivity index (χ1) is 9.58. The molecule has 0 bridgehead atoms. The smallest absolute Gasteiger partial charge is 0.258 e. The summed E-state index contributed by atoms with van der Waals surface area (Å²) in [6.45, 7) is 2.01. The molecule has 3 rings (SSSR count). The van der Waals surface area contributed by atoms with Crippen LogP contribution >= 0.6 is 27.7 Å². The molecule has 2 N–H and O–H groups in total. The molecule has 0 spiro atoms. The second-order valence-electron chi connectivity index (χ2n) is 4.17. The number of rotatable bonds is 2. The molecule has 0 radical (unpaired) electrons. The molecule has 0 saturated carbocycles. The normalized spacial score (nSPS) is 11.2. The van der Waals surface area contributed by atoms with E-state index in [-0.39, 0.29) is 5.95 Å². The Labute approximate surface area is 128 Å². The summed E-state index contributed by atoms with van der Waals surface area (Å²) in [5.41, 5.74) is 7.90. The number of halogens is 1. The summed E-state index contributed by atoms with van der Waals surface area (Å²) in [6, 6.07) is 5.94. The molecular weight excluding hydrogens is 340 g/mol. The zero-order chi connectivity index (χ0) is 14.3. The molecule has 0 aliphatic carbocycles. The van der Waals surface area contributed by atoms with E-state index in [1.165, 1.54) is 16.3 Å². The Morgan fingerprint density at radius 1 is 1.25 bits per heavy atom. The minimum absolute atomic E-state index is 0.285. The second-order valence-corrected chi connectivity index (χ2v) is 5.86. The van der Waals surface area contributed by atoms with E-state index in [4.69, 9.17) is 5.73 Å². The van der Waals surface area contributed by atoms with Crippen molar-refractivity contribution in [3.05, 3.63) is 28.2 Å².